The zero-order valence-corrected chi connectivity index (χ0v) is 29.7. The van der Waals surface area contributed by atoms with E-state index in [1.165, 1.54) is 54.7 Å². The van der Waals surface area contributed by atoms with Crippen LogP contribution in [-0.2, 0) is 9.47 Å². The molecule has 2 aliphatic rings. The maximum atomic E-state index is 6.10. The maximum Gasteiger partial charge on any atom is 0.216 e. The van der Waals surface area contributed by atoms with Crippen molar-refractivity contribution in [3.8, 4) is 22.5 Å². The first kappa shape index (κ1) is 30.7. The molecule has 2 aliphatic heterocycles. The largest absolute Gasteiger partial charge is 0.475 e. The topological polar surface area (TPSA) is 53.0 Å². The number of aliphatic imine (C=N–C) groups is 2. The molecule has 0 radical (unpaired) electrons. The number of aromatic nitrogens is 2. The molecule has 0 bridgehead atoms. The molecule has 0 aliphatic carbocycles. The molecule has 0 fully saturated rings. The molecule has 6 nitrogen and oxygen atoms in total. The Balaban J connectivity index is 1.05. The number of hydrogen-bond donors (Lipinski definition) is 0. The lowest BCUT2D eigenvalue weighted by atomic mass is 10.0. The highest BCUT2D eigenvalue weighted by molar-refractivity contribution is 6.13. The van der Waals surface area contributed by atoms with Gasteiger partial charge in [0.2, 0.25) is 11.8 Å². The fourth-order valence-corrected chi connectivity index (χ4v) is 7.84. The molecular weight excluding hydrogens is 641 g/mol. The molecular formula is C46H38N4O2. The Hall–Kier alpha value is -6.14. The van der Waals surface area contributed by atoms with E-state index < -0.39 is 0 Å². The molecule has 4 heterocycles. The number of nitrogens with zero attached hydrogens (tertiary/aromatic N) is 4. The van der Waals surface area contributed by atoms with Gasteiger partial charge in [0, 0.05) is 44.0 Å². The van der Waals surface area contributed by atoms with Crippen LogP contribution in [0.3, 0.4) is 0 Å². The highest BCUT2D eigenvalue weighted by Gasteiger charge is 2.29. The second-order valence-corrected chi connectivity index (χ2v) is 15.3. The van der Waals surface area contributed by atoms with Gasteiger partial charge in [0.25, 0.3) is 0 Å². The van der Waals surface area contributed by atoms with Gasteiger partial charge in [-0.05, 0) is 124 Å². The van der Waals surface area contributed by atoms with Gasteiger partial charge in [-0.15, -0.1) is 0 Å². The third-order valence-electron chi connectivity index (χ3n) is 10.4. The zero-order chi connectivity index (χ0) is 35.2. The first-order chi connectivity index (χ1) is 25.2. The van der Waals surface area contributed by atoms with Crippen LogP contribution in [0.4, 0.5) is 0 Å². The molecule has 8 aromatic rings. The van der Waals surface area contributed by atoms with Crippen molar-refractivity contribution in [3.05, 3.63) is 145 Å². The van der Waals surface area contributed by atoms with Crippen LogP contribution in [0, 0.1) is 0 Å². The summed E-state index contributed by atoms with van der Waals surface area (Å²) in [4.78, 5) is 9.41. The molecule has 6 heteroatoms. The van der Waals surface area contributed by atoms with Gasteiger partial charge in [0.05, 0.1) is 34.2 Å². The van der Waals surface area contributed by atoms with Gasteiger partial charge in [-0.2, -0.15) is 0 Å². The molecule has 52 heavy (non-hydrogen) atoms. The molecule has 10 rings (SSSR count). The van der Waals surface area contributed by atoms with E-state index in [1.54, 1.807) is 0 Å². The van der Waals surface area contributed by atoms with Crippen molar-refractivity contribution in [1.29, 1.82) is 0 Å². The molecule has 0 spiro atoms. The lowest BCUT2D eigenvalue weighted by Gasteiger charge is -2.17. The lowest BCUT2D eigenvalue weighted by molar-refractivity contribution is 0.131. The van der Waals surface area contributed by atoms with E-state index in [2.05, 4.69) is 175 Å². The van der Waals surface area contributed by atoms with E-state index in [4.69, 9.17) is 14.5 Å². The quantitative estimate of drug-likeness (QED) is 0.182. The Morgan fingerprint density at radius 3 is 1.42 bits per heavy atom. The van der Waals surface area contributed by atoms with E-state index in [1.807, 2.05) is 0 Å². The normalized spacial score (nSPS) is 16.4. The number of fused-ring (bicyclic) bond motifs is 6. The molecule has 0 atom stereocenters. The number of para-hydroxylation sites is 2. The highest BCUT2D eigenvalue weighted by atomic mass is 16.5. The second kappa shape index (κ2) is 11.2. The SMILES string of the molecule is CC1(C)COC(c2ccc(-n3c4ccccc4c4cc(-c5ccc6c(c5)c5ccccc5n6-c5ccc(C6=NCC(C)(C)O6)cc5)ccc43)cc2)=N1. The molecule has 0 N–H and O–H groups in total. The van der Waals surface area contributed by atoms with Crippen molar-refractivity contribution in [3.63, 3.8) is 0 Å². The summed E-state index contributed by atoms with van der Waals surface area (Å²) in [6.45, 7) is 9.62. The fourth-order valence-electron chi connectivity index (χ4n) is 7.84. The van der Waals surface area contributed by atoms with Crippen molar-refractivity contribution in [2.75, 3.05) is 13.2 Å². The number of rotatable bonds is 5. The van der Waals surface area contributed by atoms with Crippen LogP contribution in [-0.4, -0.2) is 45.2 Å². The van der Waals surface area contributed by atoms with E-state index in [-0.39, 0.29) is 11.1 Å². The summed E-state index contributed by atoms with van der Waals surface area (Å²) in [6, 6.07) is 48.2. The summed E-state index contributed by atoms with van der Waals surface area (Å²) < 4.78 is 16.7. The van der Waals surface area contributed by atoms with Gasteiger partial charge < -0.3 is 18.6 Å². The van der Waals surface area contributed by atoms with Gasteiger partial charge in [0.15, 0.2) is 0 Å². The Labute approximate surface area is 302 Å². The number of ether oxygens (including phenoxy) is 2. The van der Waals surface area contributed by atoms with Crippen LogP contribution in [0.15, 0.2) is 143 Å². The maximum absolute atomic E-state index is 6.10. The fraction of sp³-hybridized carbons (Fsp3) is 0.174. The van der Waals surface area contributed by atoms with E-state index in [9.17, 15) is 0 Å². The van der Waals surface area contributed by atoms with Crippen molar-refractivity contribution in [2.45, 2.75) is 38.8 Å². The summed E-state index contributed by atoms with van der Waals surface area (Å²) >= 11 is 0. The second-order valence-electron chi connectivity index (χ2n) is 15.3. The van der Waals surface area contributed by atoms with Crippen molar-refractivity contribution in [2.24, 2.45) is 9.98 Å². The molecule has 0 unspecified atom stereocenters. The number of hydrogen-bond acceptors (Lipinski definition) is 4. The van der Waals surface area contributed by atoms with E-state index >= 15 is 0 Å². The van der Waals surface area contributed by atoms with E-state index in [0.29, 0.717) is 13.2 Å². The average Bonchev–Trinajstić information content (AvgIpc) is 3.91. The van der Waals surface area contributed by atoms with Crippen molar-refractivity contribution >= 4 is 55.4 Å². The third-order valence-corrected chi connectivity index (χ3v) is 10.4. The minimum atomic E-state index is -0.258. The average molecular weight is 679 g/mol. The van der Waals surface area contributed by atoms with Crippen LogP contribution < -0.4 is 0 Å². The monoisotopic (exact) mass is 678 g/mol. The molecule has 0 amide bonds. The summed E-state index contributed by atoms with van der Waals surface area (Å²) in [5.41, 5.74) is 10.9. The standard InChI is InChI=1S/C46H38N4O2/c1-45(2)28-51-44(48-45)30-15-21-34(22-16-30)50-40-12-8-6-10-36(40)38-26-32(18-24-42(38)50)31-17-23-41-37(25-31)35-9-5-7-11-39(35)49(41)33-19-13-29(14-20-33)43-47-27-46(3,4)52-43/h5-26H,27-28H2,1-4H3. The third kappa shape index (κ3) is 4.93. The predicted molar refractivity (Wildman–Crippen MR) is 214 cm³/mol. The van der Waals surface area contributed by atoms with Crippen LogP contribution in [0.5, 0.6) is 0 Å². The van der Waals surface area contributed by atoms with Crippen LogP contribution in [0.25, 0.3) is 66.1 Å². The van der Waals surface area contributed by atoms with Crippen LogP contribution >= 0.6 is 0 Å². The summed E-state index contributed by atoms with van der Waals surface area (Å²) in [5.74, 6) is 1.44. The molecule has 6 aromatic carbocycles. The summed E-state index contributed by atoms with van der Waals surface area (Å²) in [7, 11) is 0. The van der Waals surface area contributed by atoms with Gasteiger partial charge in [-0.3, -0.25) is 0 Å². The molecule has 0 saturated heterocycles. The highest BCUT2D eigenvalue weighted by Crippen LogP contribution is 2.38. The Kier molecular flexibility index (Phi) is 6.59. The van der Waals surface area contributed by atoms with Gasteiger partial charge in [-0.1, -0.05) is 48.5 Å². The van der Waals surface area contributed by atoms with Gasteiger partial charge >= 0.3 is 0 Å². The molecule has 2 aromatic heterocycles. The first-order valence-corrected chi connectivity index (χ1v) is 18.0. The Bertz CT molecular complexity index is 2780. The van der Waals surface area contributed by atoms with Gasteiger partial charge in [0.1, 0.15) is 12.2 Å². The zero-order valence-electron chi connectivity index (χ0n) is 29.7. The predicted octanol–water partition coefficient (Wildman–Crippen LogP) is 10.7. The minimum Gasteiger partial charge on any atom is -0.475 e. The van der Waals surface area contributed by atoms with E-state index in [0.717, 1.165) is 34.3 Å². The van der Waals surface area contributed by atoms with Crippen LogP contribution in [0.2, 0.25) is 0 Å². The van der Waals surface area contributed by atoms with Crippen LogP contribution in [0.1, 0.15) is 38.8 Å². The minimum absolute atomic E-state index is 0.189. The first-order valence-electron chi connectivity index (χ1n) is 18.0. The summed E-state index contributed by atoms with van der Waals surface area (Å²) in [5, 5.41) is 4.91. The van der Waals surface area contributed by atoms with Crippen molar-refractivity contribution < 1.29 is 9.47 Å². The number of benzene rings is 6. The lowest BCUT2D eigenvalue weighted by Crippen LogP contribution is -2.24. The van der Waals surface area contributed by atoms with Gasteiger partial charge in [-0.25, -0.2) is 9.98 Å². The summed E-state index contributed by atoms with van der Waals surface area (Å²) in [6.07, 6.45) is 0. The molecule has 254 valence electrons. The Morgan fingerprint density at radius 2 is 0.962 bits per heavy atom. The molecule has 0 saturated carbocycles. The smallest absolute Gasteiger partial charge is 0.216 e. The van der Waals surface area contributed by atoms with Crippen molar-refractivity contribution in [1.82, 2.24) is 9.13 Å². The Morgan fingerprint density at radius 1 is 0.500 bits per heavy atom.